The highest BCUT2D eigenvalue weighted by atomic mass is 32.2. The van der Waals surface area contributed by atoms with Crippen LogP contribution in [0.25, 0.3) is 0 Å². The van der Waals surface area contributed by atoms with Gasteiger partial charge in [-0.05, 0) is 49.8 Å². The molecule has 3 aliphatic rings. The van der Waals surface area contributed by atoms with Gasteiger partial charge in [0.15, 0.2) is 0 Å². The number of carbonyl (C=O) groups is 2. The number of piperidine rings is 1. The van der Waals surface area contributed by atoms with E-state index in [1.807, 2.05) is 25.1 Å². The lowest BCUT2D eigenvalue weighted by Gasteiger charge is -2.41. The summed E-state index contributed by atoms with van der Waals surface area (Å²) in [6.45, 7) is 3.69. The van der Waals surface area contributed by atoms with Gasteiger partial charge in [0, 0.05) is 39.3 Å². The normalized spacial score (nSPS) is 24.0. The zero-order valence-corrected chi connectivity index (χ0v) is 21.1. The molecule has 3 heterocycles. The predicted molar refractivity (Wildman–Crippen MR) is 128 cm³/mol. The number of hydrogen-bond acceptors (Lipinski definition) is 6. The maximum absolute atomic E-state index is 13.4. The van der Waals surface area contributed by atoms with Gasteiger partial charge in [-0.15, -0.1) is 0 Å². The van der Waals surface area contributed by atoms with E-state index in [-0.39, 0.29) is 37.4 Å². The summed E-state index contributed by atoms with van der Waals surface area (Å²) in [4.78, 5) is 28.0. The highest BCUT2D eigenvalue weighted by Crippen LogP contribution is 2.29. The Bertz CT molecular complexity index is 1110. The Kier molecular flexibility index (Phi) is 7.64. The largest absolute Gasteiger partial charge is 0.496 e. The van der Waals surface area contributed by atoms with Gasteiger partial charge in [-0.2, -0.15) is 22.3 Å². The van der Waals surface area contributed by atoms with E-state index in [0.29, 0.717) is 38.9 Å². The van der Waals surface area contributed by atoms with Crippen LogP contribution in [0.1, 0.15) is 36.8 Å². The van der Waals surface area contributed by atoms with Crippen molar-refractivity contribution in [3.8, 4) is 11.8 Å². The number of likely N-dealkylation sites (tertiary alicyclic amines) is 1. The first kappa shape index (κ1) is 25.4. The summed E-state index contributed by atoms with van der Waals surface area (Å²) in [6.07, 6.45) is 2.52. The monoisotopic (exact) mass is 503 g/mol. The Morgan fingerprint density at radius 1 is 1.14 bits per heavy atom. The summed E-state index contributed by atoms with van der Waals surface area (Å²) in [7, 11) is -2.06. The van der Waals surface area contributed by atoms with E-state index in [9.17, 15) is 18.0 Å². The van der Waals surface area contributed by atoms with Crippen molar-refractivity contribution in [1.29, 1.82) is 5.26 Å². The second-order valence-electron chi connectivity index (χ2n) is 9.56. The summed E-state index contributed by atoms with van der Waals surface area (Å²) in [5, 5.41) is 11.9. The van der Waals surface area contributed by atoms with Crippen molar-refractivity contribution >= 4 is 22.0 Å². The van der Waals surface area contributed by atoms with Crippen molar-refractivity contribution < 1.29 is 22.7 Å². The second-order valence-corrected chi connectivity index (χ2v) is 11.5. The molecule has 0 unspecified atom stereocenters. The Morgan fingerprint density at radius 2 is 1.89 bits per heavy atom. The smallest absolute Gasteiger partial charge is 0.282 e. The number of ether oxygens (including phenoxy) is 1. The van der Waals surface area contributed by atoms with Crippen LogP contribution >= 0.6 is 0 Å². The zero-order valence-electron chi connectivity index (χ0n) is 20.3. The van der Waals surface area contributed by atoms with Crippen LogP contribution < -0.4 is 10.1 Å². The molecule has 3 aliphatic heterocycles. The van der Waals surface area contributed by atoms with E-state index in [4.69, 9.17) is 10.00 Å². The molecule has 2 atom stereocenters. The van der Waals surface area contributed by atoms with Gasteiger partial charge < -0.3 is 15.0 Å². The molecule has 35 heavy (non-hydrogen) atoms. The van der Waals surface area contributed by atoms with Gasteiger partial charge in [-0.1, -0.05) is 12.1 Å². The molecular formula is C24H33N5O5S. The molecule has 3 fully saturated rings. The standard InChI is InChI=1S/C24H33N5O5S/c1-17-11-18(7-8-22(17)34-2)13-26-23(30)21-6-4-10-29(21)24(31)20-5-3-9-27(16-20)35(32,33)28-14-19(12-25)15-28/h7-8,11,19-21H,3-6,9-10,13-16H2,1-2H3,(H,26,30)/t20-,21+/m0/s1. The Balaban J connectivity index is 1.35. The number of carbonyl (C=O) groups excluding carboxylic acids is 2. The molecule has 0 bridgehead atoms. The van der Waals surface area contributed by atoms with Crippen LogP contribution in [0.5, 0.6) is 5.75 Å². The van der Waals surface area contributed by atoms with Crippen LogP contribution in [0, 0.1) is 30.1 Å². The molecule has 0 saturated carbocycles. The van der Waals surface area contributed by atoms with Gasteiger partial charge in [0.05, 0.1) is 25.0 Å². The van der Waals surface area contributed by atoms with Crippen molar-refractivity contribution in [3.05, 3.63) is 29.3 Å². The quantitative estimate of drug-likeness (QED) is 0.593. The third-order valence-electron chi connectivity index (χ3n) is 7.18. The minimum absolute atomic E-state index is 0.116. The van der Waals surface area contributed by atoms with E-state index in [2.05, 4.69) is 11.4 Å². The highest BCUT2D eigenvalue weighted by Gasteiger charge is 2.44. The van der Waals surface area contributed by atoms with E-state index in [1.165, 1.54) is 8.61 Å². The SMILES string of the molecule is COc1ccc(CNC(=O)[C@H]2CCCN2C(=O)[C@H]2CCCN(S(=O)(=O)N3CC(C#N)C3)C2)cc1C. The summed E-state index contributed by atoms with van der Waals surface area (Å²) in [5.74, 6) is -0.286. The Hall–Kier alpha value is -2.68. The van der Waals surface area contributed by atoms with Crippen molar-refractivity contribution in [2.75, 3.05) is 39.8 Å². The number of rotatable bonds is 7. The first-order valence-electron chi connectivity index (χ1n) is 12.1. The molecule has 3 saturated heterocycles. The van der Waals surface area contributed by atoms with Crippen LogP contribution in [0.15, 0.2) is 18.2 Å². The van der Waals surface area contributed by atoms with Crippen molar-refractivity contribution in [1.82, 2.24) is 18.8 Å². The maximum atomic E-state index is 13.4. The molecule has 4 rings (SSSR count). The third kappa shape index (κ3) is 5.29. The van der Waals surface area contributed by atoms with Crippen molar-refractivity contribution in [3.63, 3.8) is 0 Å². The topological polar surface area (TPSA) is 123 Å². The van der Waals surface area contributed by atoms with E-state index in [1.54, 1.807) is 12.0 Å². The number of aryl methyl sites for hydroxylation is 1. The highest BCUT2D eigenvalue weighted by molar-refractivity contribution is 7.86. The molecule has 0 aromatic heterocycles. The summed E-state index contributed by atoms with van der Waals surface area (Å²) in [5.41, 5.74) is 1.93. The lowest BCUT2D eigenvalue weighted by molar-refractivity contribution is -0.142. The molecular weight excluding hydrogens is 470 g/mol. The van der Waals surface area contributed by atoms with Gasteiger partial charge >= 0.3 is 0 Å². The van der Waals surface area contributed by atoms with E-state index >= 15 is 0 Å². The first-order chi connectivity index (χ1) is 16.7. The molecule has 2 amide bonds. The van der Waals surface area contributed by atoms with E-state index in [0.717, 1.165) is 23.3 Å². The summed E-state index contributed by atoms with van der Waals surface area (Å²) < 4.78 is 33.8. The fraction of sp³-hybridized carbons (Fsp3) is 0.625. The average Bonchev–Trinajstić information content (AvgIpc) is 3.31. The van der Waals surface area contributed by atoms with Crippen LogP contribution in [0.3, 0.4) is 0 Å². The predicted octanol–water partition coefficient (Wildman–Crippen LogP) is 1.02. The molecule has 11 heteroatoms. The van der Waals surface area contributed by atoms with Gasteiger partial charge in [0.2, 0.25) is 11.8 Å². The summed E-state index contributed by atoms with van der Waals surface area (Å²) >= 11 is 0. The molecule has 190 valence electrons. The zero-order chi connectivity index (χ0) is 25.2. The number of nitriles is 1. The Morgan fingerprint density at radius 3 is 2.57 bits per heavy atom. The maximum Gasteiger partial charge on any atom is 0.282 e. The Labute approximate surface area is 207 Å². The minimum atomic E-state index is -3.68. The van der Waals surface area contributed by atoms with Gasteiger partial charge in [0.1, 0.15) is 11.8 Å². The molecule has 1 aromatic rings. The lowest BCUT2D eigenvalue weighted by atomic mass is 9.97. The minimum Gasteiger partial charge on any atom is -0.496 e. The number of hydrogen-bond donors (Lipinski definition) is 1. The van der Waals surface area contributed by atoms with Crippen LogP contribution in [-0.4, -0.2) is 79.6 Å². The number of benzene rings is 1. The summed E-state index contributed by atoms with van der Waals surface area (Å²) in [6, 6.07) is 7.27. The van der Waals surface area contributed by atoms with Gasteiger partial charge in [0.25, 0.3) is 10.2 Å². The molecule has 0 spiro atoms. The van der Waals surface area contributed by atoms with Gasteiger partial charge in [-0.25, -0.2) is 0 Å². The number of methoxy groups -OCH3 is 1. The lowest BCUT2D eigenvalue weighted by Crippen LogP contribution is -2.57. The first-order valence-corrected chi connectivity index (χ1v) is 13.5. The van der Waals surface area contributed by atoms with Crippen LogP contribution in [0.2, 0.25) is 0 Å². The fourth-order valence-corrected chi connectivity index (χ4v) is 6.91. The number of amides is 2. The van der Waals surface area contributed by atoms with Crippen LogP contribution in [0.4, 0.5) is 0 Å². The van der Waals surface area contributed by atoms with Crippen LogP contribution in [-0.2, 0) is 26.3 Å². The molecule has 0 aliphatic carbocycles. The number of nitrogens with zero attached hydrogens (tertiary/aromatic N) is 4. The van der Waals surface area contributed by atoms with Gasteiger partial charge in [-0.3, -0.25) is 9.59 Å². The van der Waals surface area contributed by atoms with Crippen molar-refractivity contribution in [2.24, 2.45) is 11.8 Å². The van der Waals surface area contributed by atoms with E-state index < -0.39 is 22.2 Å². The molecule has 1 aromatic carbocycles. The second kappa shape index (κ2) is 10.5. The molecule has 1 N–H and O–H groups in total. The molecule has 10 nitrogen and oxygen atoms in total. The fourth-order valence-electron chi connectivity index (χ4n) is 5.12. The third-order valence-corrected chi connectivity index (χ3v) is 9.12. The number of nitrogens with one attached hydrogen (secondary N) is 1. The van der Waals surface area contributed by atoms with Crippen molar-refractivity contribution in [2.45, 2.75) is 45.2 Å². The average molecular weight is 504 g/mol. The molecule has 0 radical (unpaired) electrons.